The van der Waals surface area contributed by atoms with Crippen molar-refractivity contribution in [2.75, 3.05) is 13.7 Å². The first-order valence-corrected chi connectivity index (χ1v) is 8.26. The average Bonchev–Trinajstić information content (AvgIpc) is 3.22. The molecule has 1 aromatic heterocycles. The van der Waals surface area contributed by atoms with Gasteiger partial charge in [0.15, 0.2) is 17.1 Å². The van der Waals surface area contributed by atoms with Crippen LogP contribution in [0.1, 0.15) is 28.1 Å². The van der Waals surface area contributed by atoms with Gasteiger partial charge < -0.3 is 19.6 Å². The standard InChI is InChI=1S/C20H19NO4/c1-24-16-8-4-6-14-11-17(25-18(14)16)19(22)21-12-20(23)10-9-13-5-2-3-7-15(13)20/h2-8,11,23H,9-10,12H2,1H3,(H,21,22). The van der Waals surface area contributed by atoms with E-state index in [1.165, 1.54) is 0 Å². The number of ether oxygens (including phenoxy) is 1. The Morgan fingerprint density at radius 1 is 1.28 bits per heavy atom. The summed E-state index contributed by atoms with van der Waals surface area (Å²) < 4.78 is 10.9. The van der Waals surface area contributed by atoms with Gasteiger partial charge in [0.1, 0.15) is 5.60 Å². The first-order valence-electron chi connectivity index (χ1n) is 8.26. The molecule has 0 radical (unpaired) electrons. The topological polar surface area (TPSA) is 71.7 Å². The zero-order valence-electron chi connectivity index (χ0n) is 13.9. The fourth-order valence-corrected chi connectivity index (χ4v) is 3.47. The second-order valence-corrected chi connectivity index (χ2v) is 6.36. The Morgan fingerprint density at radius 2 is 2.12 bits per heavy atom. The molecule has 0 bridgehead atoms. The van der Waals surface area contributed by atoms with Crippen LogP contribution < -0.4 is 10.1 Å². The Kier molecular flexibility index (Phi) is 3.73. The van der Waals surface area contributed by atoms with E-state index in [2.05, 4.69) is 5.32 Å². The van der Waals surface area contributed by atoms with E-state index in [1.807, 2.05) is 36.4 Å². The maximum atomic E-state index is 12.5. The number of nitrogens with one attached hydrogen (secondary N) is 1. The maximum absolute atomic E-state index is 12.5. The second kappa shape index (κ2) is 5.93. The van der Waals surface area contributed by atoms with Crippen molar-refractivity contribution in [3.05, 3.63) is 65.4 Å². The van der Waals surface area contributed by atoms with Gasteiger partial charge in [-0.25, -0.2) is 0 Å². The van der Waals surface area contributed by atoms with Gasteiger partial charge in [-0.1, -0.05) is 36.4 Å². The summed E-state index contributed by atoms with van der Waals surface area (Å²) in [7, 11) is 1.56. The molecule has 5 nitrogen and oxygen atoms in total. The molecule has 1 atom stereocenters. The van der Waals surface area contributed by atoms with Crippen LogP contribution in [-0.2, 0) is 12.0 Å². The lowest BCUT2D eigenvalue weighted by atomic mass is 9.96. The first kappa shape index (κ1) is 15.7. The first-order chi connectivity index (χ1) is 12.1. The minimum absolute atomic E-state index is 0.150. The number of amides is 1. The number of aliphatic hydroxyl groups is 1. The van der Waals surface area contributed by atoms with Gasteiger partial charge in [0.25, 0.3) is 5.91 Å². The highest BCUT2D eigenvalue weighted by molar-refractivity contribution is 5.97. The van der Waals surface area contributed by atoms with E-state index in [1.54, 1.807) is 19.2 Å². The lowest BCUT2D eigenvalue weighted by Crippen LogP contribution is -2.39. The highest BCUT2D eigenvalue weighted by atomic mass is 16.5. The summed E-state index contributed by atoms with van der Waals surface area (Å²) in [6.45, 7) is 0.150. The van der Waals surface area contributed by atoms with Crippen LogP contribution >= 0.6 is 0 Å². The van der Waals surface area contributed by atoms with Crippen LogP contribution in [0, 0.1) is 0 Å². The third-order valence-electron chi connectivity index (χ3n) is 4.82. The fraction of sp³-hybridized carbons (Fsp3) is 0.250. The summed E-state index contributed by atoms with van der Waals surface area (Å²) in [6, 6.07) is 15.0. The SMILES string of the molecule is COc1cccc2cc(C(=O)NCC3(O)CCc4ccccc43)oc12. The van der Waals surface area contributed by atoms with Crippen LogP contribution in [0.25, 0.3) is 11.0 Å². The summed E-state index contributed by atoms with van der Waals surface area (Å²) in [4.78, 5) is 12.5. The highest BCUT2D eigenvalue weighted by Crippen LogP contribution is 2.36. The number of para-hydroxylation sites is 1. The molecule has 1 amide bonds. The zero-order chi connectivity index (χ0) is 17.4. The van der Waals surface area contributed by atoms with Crippen LogP contribution in [-0.4, -0.2) is 24.7 Å². The molecule has 1 aliphatic carbocycles. The normalized spacial score (nSPS) is 19.0. The molecule has 128 valence electrons. The Labute approximate surface area is 145 Å². The van der Waals surface area contributed by atoms with E-state index in [9.17, 15) is 9.90 Å². The molecule has 3 aromatic rings. The molecule has 1 aliphatic rings. The number of furan rings is 1. The molecule has 5 heteroatoms. The van der Waals surface area contributed by atoms with Crippen molar-refractivity contribution in [1.82, 2.24) is 5.32 Å². The van der Waals surface area contributed by atoms with Gasteiger partial charge in [-0.05, 0) is 36.1 Å². The molecular weight excluding hydrogens is 318 g/mol. The van der Waals surface area contributed by atoms with Crippen molar-refractivity contribution in [1.29, 1.82) is 0 Å². The van der Waals surface area contributed by atoms with Crippen LogP contribution in [0.15, 0.2) is 52.9 Å². The molecule has 1 heterocycles. The number of carbonyl (C=O) groups is 1. The van der Waals surface area contributed by atoms with Gasteiger partial charge in [-0.3, -0.25) is 4.79 Å². The van der Waals surface area contributed by atoms with E-state index in [-0.39, 0.29) is 18.2 Å². The second-order valence-electron chi connectivity index (χ2n) is 6.36. The van der Waals surface area contributed by atoms with Gasteiger partial charge in [0, 0.05) is 5.39 Å². The largest absolute Gasteiger partial charge is 0.493 e. The molecule has 2 N–H and O–H groups in total. The molecule has 0 spiro atoms. The predicted octanol–water partition coefficient (Wildman–Crippen LogP) is 3.01. The van der Waals surface area contributed by atoms with Gasteiger partial charge in [-0.2, -0.15) is 0 Å². The summed E-state index contributed by atoms with van der Waals surface area (Å²) in [5.41, 5.74) is 1.53. The minimum Gasteiger partial charge on any atom is -0.493 e. The van der Waals surface area contributed by atoms with E-state index < -0.39 is 5.60 Å². The quantitative estimate of drug-likeness (QED) is 0.768. The summed E-state index contributed by atoms with van der Waals surface area (Å²) in [6.07, 6.45) is 1.41. The molecule has 2 aromatic carbocycles. The van der Waals surface area contributed by atoms with Gasteiger partial charge in [-0.15, -0.1) is 0 Å². The number of fused-ring (bicyclic) bond motifs is 2. The number of rotatable bonds is 4. The van der Waals surface area contributed by atoms with Crippen molar-refractivity contribution < 1.29 is 19.1 Å². The number of benzene rings is 2. The van der Waals surface area contributed by atoms with Crippen molar-refractivity contribution in [3.63, 3.8) is 0 Å². The summed E-state index contributed by atoms with van der Waals surface area (Å²) >= 11 is 0. The Morgan fingerprint density at radius 3 is 2.96 bits per heavy atom. The molecule has 0 saturated carbocycles. The van der Waals surface area contributed by atoms with E-state index in [4.69, 9.17) is 9.15 Å². The van der Waals surface area contributed by atoms with Crippen LogP contribution in [0.2, 0.25) is 0 Å². The third kappa shape index (κ3) is 2.66. The van der Waals surface area contributed by atoms with E-state index in [0.29, 0.717) is 17.8 Å². The van der Waals surface area contributed by atoms with Crippen molar-refractivity contribution in [3.8, 4) is 5.75 Å². The van der Waals surface area contributed by atoms with Crippen molar-refractivity contribution in [2.45, 2.75) is 18.4 Å². The van der Waals surface area contributed by atoms with Crippen LogP contribution in [0.4, 0.5) is 0 Å². The zero-order valence-corrected chi connectivity index (χ0v) is 13.9. The predicted molar refractivity (Wildman–Crippen MR) is 93.8 cm³/mol. The molecule has 0 aliphatic heterocycles. The number of methoxy groups -OCH3 is 1. The molecule has 0 saturated heterocycles. The van der Waals surface area contributed by atoms with Crippen LogP contribution in [0.3, 0.4) is 0 Å². The monoisotopic (exact) mass is 337 g/mol. The Bertz CT molecular complexity index is 946. The van der Waals surface area contributed by atoms with Gasteiger partial charge in [0.2, 0.25) is 0 Å². The number of hydrogen-bond acceptors (Lipinski definition) is 4. The van der Waals surface area contributed by atoms with E-state index >= 15 is 0 Å². The van der Waals surface area contributed by atoms with E-state index in [0.717, 1.165) is 22.9 Å². The number of carbonyl (C=O) groups excluding carboxylic acids is 1. The average molecular weight is 337 g/mol. The molecule has 4 rings (SSSR count). The lowest BCUT2D eigenvalue weighted by Gasteiger charge is -2.24. The lowest BCUT2D eigenvalue weighted by molar-refractivity contribution is 0.0365. The smallest absolute Gasteiger partial charge is 0.287 e. The molecule has 25 heavy (non-hydrogen) atoms. The third-order valence-corrected chi connectivity index (χ3v) is 4.82. The van der Waals surface area contributed by atoms with Gasteiger partial charge in [0.05, 0.1) is 13.7 Å². The fourth-order valence-electron chi connectivity index (χ4n) is 3.47. The minimum atomic E-state index is -1.03. The number of hydrogen-bond donors (Lipinski definition) is 2. The molecule has 0 fully saturated rings. The maximum Gasteiger partial charge on any atom is 0.287 e. The van der Waals surface area contributed by atoms with Gasteiger partial charge >= 0.3 is 0 Å². The summed E-state index contributed by atoms with van der Waals surface area (Å²) in [5.74, 6) is 0.436. The number of aryl methyl sites for hydroxylation is 1. The van der Waals surface area contributed by atoms with Crippen molar-refractivity contribution in [2.24, 2.45) is 0 Å². The Hall–Kier alpha value is -2.79. The Balaban J connectivity index is 1.53. The highest BCUT2D eigenvalue weighted by Gasteiger charge is 2.36. The molecular formula is C20H19NO4. The molecule has 1 unspecified atom stereocenters. The summed E-state index contributed by atoms with van der Waals surface area (Å²) in [5, 5.41) is 14.5. The van der Waals surface area contributed by atoms with Crippen molar-refractivity contribution >= 4 is 16.9 Å². The van der Waals surface area contributed by atoms with Crippen LogP contribution in [0.5, 0.6) is 5.75 Å².